The summed E-state index contributed by atoms with van der Waals surface area (Å²) in [5.41, 5.74) is 6.18. The summed E-state index contributed by atoms with van der Waals surface area (Å²) < 4.78 is 0. The van der Waals surface area contributed by atoms with Gasteiger partial charge in [0, 0.05) is 27.4 Å². The molecule has 0 spiro atoms. The van der Waals surface area contributed by atoms with Crippen molar-refractivity contribution >= 4 is 27.4 Å². The van der Waals surface area contributed by atoms with E-state index in [1.165, 1.54) is 0 Å². The molecule has 9 heavy (non-hydrogen) atoms. The molecule has 0 heterocycles. The molecule has 3 heteroatoms. The Kier molecular flexibility index (Phi) is 5.48. The Morgan fingerprint density at radius 2 is 1.44 bits per heavy atom. The van der Waals surface area contributed by atoms with Gasteiger partial charge in [-0.3, -0.25) is 0 Å². The molecule has 2 N–H and O–H groups in total. The molecule has 50 valence electrons. The smallest absolute Gasteiger partial charge is 0.0313 e. The van der Waals surface area contributed by atoms with E-state index in [0.29, 0.717) is 0 Å². The van der Waals surface area contributed by atoms with Gasteiger partial charge in [-0.25, -0.2) is 0 Å². The van der Waals surface area contributed by atoms with Crippen molar-refractivity contribution in [3.8, 4) is 0 Å². The van der Waals surface area contributed by atoms with Crippen molar-refractivity contribution in [1.29, 1.82) is 0 Å². The van der Waals surface area contributed by atoms with E-state index in [0.717, 1.165) is 5.69 Å². The SMILES string of the molecule is ClCl.Nc1ccccc1. The quantitative estimate of drug-likeness (QED) is 0.586. The lowest BCUT2D eigenvalue weighted by molar-refractivity contribution is 1.69. The number of rotatable bonds is 0. The van der Waals surface area contributed by atoms with Gasteiger partial charge in [-0.2, -0.15) is 0 Å². The molecule has 0 radical (unpaired) electrons. The third-order valence-electron chi connectivity index (χ3n) is 0.800. The minimum atomic E-state index is 0.822. The molecule has 1 aromatic rings. The second-order valence-electron chi connectivity index (χ2n) is 1.41. The summed E-state index contributed by atoms with van der Waals surface area (Å²) in [5, 5.41) is 0. The first-order chi connectivity index (χ1) is 4.39. The highest BCUT2D eigenvalue weighted by atomic mass is 36.5. The lowest BCUT2D eigenvalue weighted by Gasteiger charge is -1.83. The van der Waals surface area contributed by atoms with Gasteiger partial charge in [0.2, 0.25) is 0 Å². The van der Waals surface area contributed by atoms with Crippen molar-refractivity contribution in [1.82, 2.24) is 0 Å². The standard InChI is InChI=1S/C6H7N.Cl2/c7-6-4-2-1-3-5-6;1-2/h1-5H,7H2;. The second-order valence-corrected chi connectivity index (χ2v) is 1.41. The average molecular weight is 164 g/mol. The normalized spacial score (nSPS) is 7.33. The average Bonchev–Trinajstić information content (AvgIpc) is 1.94. The first kappa shape index (κ1) is 8.60. The fourth-order valence-electron chi connectivity index (χ4n) is 0.453. The Labute approximate surface area is 64.0 Å². The van der Waals surface area contributed by atoms with Crippen LogP contribution in [0, 0.1) is 0 Å². The molecule has 0 amide bonds. The van der Waals surface area contributed by atoms with Crippen molar-refractivity contribution < 1.29 is 0 Å². The molecule has 0 unspecified atom stereocenters. The number of benzene rings is 1. The zero-order chi connectivity index (χ0) is 7.11. The molecule has 0 saturated carbocycles. The van der Waals surface area contributed by atoms with Crippen LogP contribution < -0.4 is 5.73 Å². The lowest BCUT2D eigenvalue weighted by atomic mass is 10.3. The van der Waals surface area contributed by atoms with E-state index in [9.17, 15) is 0 Å². The van der Waals surface area contributed by atoms with Gasteiger partial charge in [-0.1, -0.05) is 18.2 Å². The monoisotopic (exact) mass is 163 g/mol. The van der Waals surface area contributed by atoms with Gasteiger partial charge >= 0.3 is 0 Å². The molecular formula is C6H7Cl2N. The van der Waals surface area contributed by atoms with Crippen molar-refractivity contribution in [2.24, 2.45) is 0 Å². The van der Waals surface area contributed by atoms with Crippen LogP contribution in [0.2, 0.25) is 0 Å². The summed E-state index contributed by atoms with van der Waals surface area (Å²) in [7, 11) is 8.22. The third-order valence-corrected chi connectivity index (χ3v) is 0.800. The van der Waals surface area contributed by atoms with Gasteiger partial charge in [0.25, 0.3) is 0 Å². The molecule has 0 saturated heterocycles. The van der Waals surface area contributed by atoms with Crippen LogP contribution in [-0.4, -0.2) is 0 Å². The highest BCUT2D eigenvalue weighted by Gasteiger charge is 1.72. The van der Waals surface area contributed by atoms with Crippen molar-refractivity contribution in [2.45, 2.75) is 0 Å². The molecular weight excluding hydrogens is 157 g/mol. The maximum atomic E-state index is 5.36. The van der Waals surface area contributed by atoms with Crippen LogP contribution in [0.25, 0.3) is 0 Å². The lowest BCUT2D eigenvalue weighted by Crippen LogP contribution is -1.79. The van der Waals surface area contributed by atoms with Crippen molar-refractivity contribution in [3.63, 3.8) is 0 Å². The molecule has 0 bridgehead atoms. The predicted molar refractivity (Wildman–Crippen MR) is 42.6 cm³/mol. The summed E-state index contributed by atoms with van der Waals surface area (Å²) in [6, 6.07) is 9.49. The van der Waals surface area contributed by atoms with E-state index in [-0.39, 0.29) is 0 Å². The second kappa shape index (κ2) is 5.73. The molecule has 1 rings (SSSR count). The van der Waals surface area contributed by atoms with E-state index in [2.05, 4.69) is 21.7 Å². The molecule has 0 fully saturated rings. The molecule has 1 aromatic carbocycles. The molecule has 0 aliphatic heterocycles. The highest BCUT2D eigenvalue weighted by Crippen LogP contribution is 1.95. The fraction of sp³-hybridized carbons (Fsp3) is 0. The Bertz CT molecular complexity index is 141. The van der Waals surface area contributed by atoms with E-state index < -0.39 is 0 Å². The van der Waals surface area contributed by atoms with E-state index in [4.69, 9.17) is 5.73 Å². The largest absolute Gasteiger partial charge is 0.399 e. The first-order valence-electron chi connectivity index (χ1n) is 2.34. The fourth-order valence-corrected chi connectivity index (χ4v) is 0.453. The Morgan fingerprint density at radius 3 is 1.67 bits per heavy atom. The number of nitrogens with two attached hydrogens (primary N) is 1. The zero-order valence-corrected chi connectivity index (χ0v) is 6.23. The van der Waals surface area contributed by atoms with Gasteiger partial charge in [0.15, 0.2) is 0 Å². The number of para-hydroxylation sites is 1. The molecule has 0 aliphatic carbocycles. The maximum Gasteiger partial charge on any atom is 0.0313 e. The summed E-state index contributed by atoms with van der Waals surface area (Å²) in [4.78, 5) is 0. The van der Waals surface area contributed by atoms with Gasteiger partial charge < -0.3 is 5.73 Å². The first-order valence-corrected chi connectivity index (χ1v) is 3.49. The highest BCUT2D eigenvalue weighted by molar-refractivity contribution is 6.85. The van der Waals surface area contributed by atoms with Gasteiger partial charge in [-0.15, -0.1) is 0 Å². The number of halogens is 2. The maximum absolute atomic E-state index is 5.36. The van der Waals surface area contributed by atoms with Crippen molar-refractivity contribution in [3.05, 3.63) is 30.3 Å². The van der Waals surface area contributed by atoms with E-state index in [1.54, 1.807) is 0 Å². The third kappa shape index (κ3) is 4.13. The minimum Gasteiger partial charge on any atom is -0.399 e. The van der Waals surface area contributed by atoms with Crippen LogP contribution in [0.4, 0.5) is 5.69 Å². The van der Waals surface area contributed by atoms with Gasteiger partial charge in [0.1, 0.15) is 0 Å². The van der Waals surface area contributed by atoms with Gasteiger partial charge in [0.05, 0.1) is 0 Å². The van der Waals surface area contributed by atoms with Gasteiger partial charge in [-0.05, 0) is 12.1 Å². The summed E-state index contributed by atoms with van der Waals surface area (Å²) in [5.74, 6) is 0. The Morgan fingerprint density at radius 1 is 1.00 bits per heavy atom. The van der Waals surface area contributed by atoms with E-state index >= 15 is 0 Å². The topological polar surface area (TPSA) is 26.0 Å². The summed E-state index contributed by atoms with van der Waals surface area (Å²) >= 11 is 0. The molecule has 0 atom stereocenters. The number of hydrogen-bond donors (Lipinski definition) is 1. The van der Waals surface area contributed by atoms with Crippen LogP contribution in [-0.2, 0) is 0 Å². The number of anilines is 1. The zero-order valence-electron chi connectivity index (χ0n) is 4.72. The van der Waals surface area contributed by atoms with Crippen LogP contribution in [0.15, 0.2) is 30.3 Å². The van der Waals surface area contributed by atoms with Crippen LogP contribution in [0.1, 0.15) is 0 Å². The van der Waals surface area contributed by atoms with Crippen LogP contribution >= 0.6 is 21.7 Å². The number of hydrogen-bond acceptors (Lipinski definition) is 1. The van der Waals surface area contributed by atoms with Crippen molar-refractivity contribution in [2.75, 3.05) is 5.73 Å². The Hall–Kier alpha value is -0.400. The summed E-state index contributed by atoms with van der Waals surface area (Å²) in [6.45, 7) is 0. The molecule has 0 aliphatic rings. The molecule has 0 aromatic heterocycles. The number of nitrogen functional groups attached to an aromatic ring is 1. The van der Waals surface area contributed by atoms with E-state index in [1.807, 2.05) is 30.3 Å². The molecule has 1 nitrogen and oxygen atoms in total. The predicted octanol–water partition coefficient (Wildman–Crippen LogP) is 2.65. The minimum absolute atomic E-state index is 0.822. The summed E-state index contributed by atoms with van der Waals surface area (Å²) in [6.07, 6.45) is 0. The Balaban J connectivity index is 0.000000291. The van der Waals surface area contributed by atoms with Crippen LogP contribution in [0.5, 0.6) is 0 Å². The van der Waals surface area contributed by atoms with Crippen LogP contribution in [0.3, 0.4) is 0 Å².